The van der Waals surface area contributed by atoms with Gasteiger partial charge in [0.2, 0.25) is 0 Å². The van der Waals surface area contributed by atoms with Crippen LogP contribution in [0.25, 0.3) is 0 Å². The van der Waals surface area contributed by atoms with Crippen LogP contribution in [-0.4, -0.2) is 23.5 Å². The topological polar surface area (TPSA) is 59.4 Å². The van der Waals surface area contributed by atoms with Crippen LogP contribution in [0.5, 0.6) is 11.5 Å². The van der Waals surface area contributed by atoms with E-state index in [1.807, 2.05) is 0 Å². The summed E-state index contributed by atoms with van der Waals surface area (Å²) in [6, 6.07) is 5.15. The number of carbonyl (C=O) groups excluding carboxylic acids is 1. The lowest BCUT2D eigenvalue weighted by Crippen LogP contribution is -1.90. The van der Waals surface area contributed by atoms with E-state index >= 15 is 0 Å². The zero-order valence-corrected chi connectivity index (χ0v) is 10.0. The summed E-state index contributed by atoms with van der Waals surface area (Å²) in [7, 11) is 1.51. The molecule has 0 unspecified atom stereocenters. The Bertz CT molecular complexity index is 536. The molecule has 0 atom stereocenters. The molecule has 1 N–H and O–H groups in total. The molecule has 1 heterocycles. The molecule has 1 aromatic heterocycles. The summed E-state index contributed by atoms with van der Waals surface area (Å²) in [6.45, 7) is 0. The van der Waals surface area contributed by atoms with Gasteiger partial charge in [0.15, 0.2) is 17.8 Å². The van der Waals surface area contributed by atoms with Crippen molar-refractivity contribution in [2.24, 2.45) is 0 Å². The molecule has 0 aliphatic rings. The fourth-order valence-electron chi connectivity index (χ4n) is 1.47. The zero-order valence-electron chi connectivity index (χ0n) is 9.21. The summed E-state index contributed by atoms with van der Waals surface area (Å²) in [5.41, 5.74) is 1.43. The summed E-state index contributed by atoms with van der Waals surface area (Å²) in [5, 5.41) is 12.0. The number of hydrogen-bond donors (Lipinski definition) is 1. The first-order valence-electron chi connectivity index (χ1n) is 4.98. The Hall–Kier alpha value is -1.88. The number of aromatic nitrogens is 1. The Morgan fingerprint density at radius 3 is 3.00 bits per heavy atom. The van der Waals surface area contributed by atoms with E-state index in [0.29, 0.717) is 17.9 Å². The number of ether oxygens (including phenoxy) is 1. The van der Waals surface area contributed by atoms with Crippen molar-refractivity contribution in [1.82, 2.24) is 4.98 Å². The van der Waals surface area contributed by atoms with Gasteiger partial charge in [-0.3, -0.25) is 4.79 Å². The van der Waals surface area contributed by atoms with E-state index in [-0.39, 0.29) is 5.75 Å². The van der Waals surface area contributed by atoms with Crippen molar-refractivity contribution in [3.8, 4) is 11.5 Å². The first-order chi connectivity index (χ1) is 8.22. The largest absolute Gasteiger partial charge is 0.504 e. The highest BCUT2D eigenvalue weighted by Crippen LogP contribution is 2.27. The summed E-state index contributed by atoms with van der Waals surface area (Å²) in [5.74, 6) is 0.554. The maximum atomic E-state index is 10.5. The van der Waals surface area contributed by atoms with Crippen LogP contribution in [0.15, 0.2) is 23.6 Å². The zero-order chi connectivity index (χ0) is 12.3. The number of benzene rings is 1. The Morgan fingerprint density at radius 1 is 1.53 bits per heavy atom. The molecule has 5 heteroatoms. The number of carbonyl (C=O) groups is 1. The number of methoxy groups -OCH3 is 1. The van der Waals surface area contributed by atoms with Gasteiger partial charge in [-0.1, -0.05) is 6.07 Å². The third-order valence-corrected chi connectivity index (χ3v) is 3.16. The van der Waals surface area contributed by atoms with Gasteiger partial charge in [0.05, 0.1) is 12.1 Å². The Kier molecular flexibility index (Phi) is 3.39. The Morgan fingerprint density at radius 2 is 2.35 bits per heavy atom. The van der Waals surface area contributed by atoms with Gasteiger partial charge in [0.1, 0.15) is 5.69 Å². The molecule has 0 saturated carbocycles. The summed E-state index contributed by atoms with van der Waals surface area (Å²) < 4.78 is 5.03. The van der Waals surface area contributed by atoms with Gasteiger partial charge >= 0.3 is 0 Å². The Balaban J connectivity index is 2.20. The lowest BCUT2D eigenvalue weighted by atomic mass is 10.1. The molecule has 1 aromatic carbocycles. The SMILES string of the molecule is COc1cc(Cc2nc(C=O)cs2)ccc1O. The number of phenolic OH excluding ortho intramolecular Hbond substituents is 1. The number of phenols is 1. The second kappa shape index (κ2) is 4.97. The Labute approximate surface area is 103 Å². The predicted molar refractivity (Wildman–Crippen MR) is 65.0 cm³/mol. The van der Waals surface area contributed by atoms with Crippen molar-refractivity contribution in [3.63, 3.8) is 0 Å². The fraction of sp³-hybridized carbons (Fsp3) is 0.167. The van der Waals surface area contributed by atoms with Crippen molar-refractivity contribution in [2.75, 3.05) is 7.11 Å². The fourth-order valence-corrected chi connectivity index (χ4v) is 2.24. The quantitative estimate of drug-likeness (QED) is 0.844. The molecule has 88 valence electrons. The van der Waals surface area contributed by atoms with Crippen LogP contribution in [0.3, 0.4) is 0 Å². The maximum absolute atomic E-state index is 10.5. The lowest BCUT2D eigenvalue weighted by Gasteiger charge is -2.05. The summed E-state index contributed by atoms with van der Waals surface area (Å²) in [4.78, 5) is 14.7. The molecular formula is C12H11NO3S. The number of nitrogens with zero attached hydrogens (tertiary/aromatic N) is 1. The number of rotatable bonds is 4. The molecule has 0 radical (unpaired) electrons. The van der Waals surface area contributed by atoms with Crippen LogP contribution in [0, 0.1) is 0 Å². The van der Waals surface area contributed by atoms with Crippen molar-refractivity contribution >= 4 is 17.6 Å². The van der Waals surface area contributed by atoms with Gasteiger partial charge in [0.25, 0.3) is 0 Å². The van der Waals surface area contributed by atoms with Gasteiger partial charge in [-0.05, 0) is 17.7 Å². The minimum absolute atomic E-state index is 0.115. The van der Waals surface area contributed by atoms with Crippen LogP contribution in [0.4, 0.5) is 0 Å². The van der Waals surface area contributed by atoms with Crippen LogP contribution in [0.1, 0.15) is 21.1 Å². The molecule has 0 bridgehead atoms. The van der Waals surface area contributed by atoms with Crippen LogP contribution in [-0.2, 0) is 6.42 Å². The van der Waals surface area contributed by atoms with E-state index in [9.17, 15) is 9.90 Å². The minimum Gasteiger partial charge on any atom is -0.504 e. The molecular weight excluding hydrogens is 238 g/mol. The molecule has 0 amide bonds. The average Bonchev–Trinajstić information content (AvgIpc) is 2.79. The van der Waals surface area contributed by atoms with E-state index in [4.69, 9.17) is 4.74 Å². The molecule has 0 saturated heterocycles. The summed E-state index contributed by atoms with van der Waals surface area (Å²) in [6.07, 6.45) is 1.35. The second-order valence-corrected chi connectivity index (χ2v) is 4.41. The third-order valence-electron chi connectivity index (χ3n) is 2.29. The first kappa shape index (κ1) is 11.6. The van der Waals surface area contributed by atoms with Crippen molar-refractivity contribution < 1.29 is 14.6 Å². The minimum atomic E-state index is 0.115. The maximum Gasteiger partial charge on any atom is 0.169 e. The van der Waals surface area contributed by atoms with E-state index in [1.165, 1.54) is 18.4 Å². The molecule has 2 rings (SSSR count). The van der Waals surface area contributed by atoms with E-state index in [1.54, 1.807) is 23.6 Å². The van der Waals surface area contributed by atoms with Crippen molar-refractivity contribution in [2.45, 2.75) is 6.42 Å². The monoisotopic (exact) mass is 249 g/mol. The average molecular weight is 249 g/mol. The van der Waals surface area contributed by atoms with E-state index < -0.39 is 0 Å². The van der Waals surface area contributed by atoms with Crippen LogP contribution < -0.4 is 4.74 Å². The standard InChI is InChI=1S/C12H11NO3S/c1-16-11-4-8(2-3-10(11)15)5-12-13-9(6-14)7-17-12/h2-4,6-7,15H,5H2,1H3. The number of aldehydes is 1. The smallest absolute Gasteiger partial charge is 0.169 e. The number of thiazole rings is 1. The number of hydrogen-bond acceptors (Lipinski definition) is 5. The van der Waals surface area contributed by atoms with Gasteiger partial charge in [-0.15, -0.1) is 11.3 Å². The van der Waals surface area contributed by atoms with Crippen molar-refractivity contribution in [1.29, 1.82) is 0 Å². The van der Waals surface area contributed by atoms with E-state index in [2.05, 4.69) is 4.98 Å². The van der Waals surface area contributed by atoms with Crippen LogP contribution in [0.2, 0.25) is 0 Å². The highest BCUT2D eigenvalue weighted by Gasteiger charge is 2.06. The lowest BCUT2D eigenvalue weighted by molar-refractivity contribution is 0.111. The molecule has 2 aromatic rings. The molecule has 17 heavy (non-hydrogen) atoms. The predicted octanol–water partition coefficient (Wildman–Crippen LogP) is 2.26. The number of aromatic hydroxyl groups is 1. The molecule has 0 aliphatic carbocycles. The van der Waals surface area contributed by atoms with Crippen LogP contribution >= 0.6 is 11.3 Å². The highest BCUT2D eigenvalue weighted by molar-refractivity contribution is 7.09. The van der Waals surface area contributed by atoms with Gasteiger partial charge in [0, 0.05) is 11.8 Å². The molecule has 0 spiro atoms. The molecule has 0 fully saturated rings. The van der Waals surface area contributed by atoms with Gasteiger partial charge in [-0.25, -0.2) is 4.98 Å². The van der Waals surface area contributed by atoms with Gasteiger partial charge < -0.3 is 9.84 Å². The van der Waals surface area contributed by atoms with Gasteiger partial charge in [-0.2, -0.15) is 0 Å². The third kappa shape index (κ3) is 2.62. The highest BCUT2D eigenvalue weighted by atomic mass is 32.1. The first-order valence-corrected chi connectivity index (χ1v) is 5.86. The molecule has 4 nitrogen and oxygen atoms in total. The second-order valence-electron chi connectivity index (χ2n) is 3.47. The molecule has 0 aliphatic heterocycles. The normalized spacial score (nSPS) is 10.2. The van der Waals surface area contributed by atoms with E-state index in [0.717, 1.165) is 16.9 Å². The summed E-state index contributed by atoms with van der Waals surface area (Å²) >= 11 is 1.44. The van der Waals surface area contributed by atoms with Crippen molar-refractivity contribution in [3.05, 3.63) is 39.8 Å².